The topological polar surface area (TPSA) is 53.5 Å². The minimum Gasteiger partial charge on any atom is -0.317 e. The van der Waals surface area contributed by atoms with Crippen LogP contribution in [0.15, 0.2) is 23.2 Å². The third kappa shape index (κ3) is 3.16. The van der Waals surface area contributed by atoms with Crippen molar-refractivity contribution in [1.29, 1.82) is 0 Å². The molecule has 0 aliphatic carbocycles. The zero-order valence-corrected chi connectivity index (χ0v) is 13.4. The highest BCUT2D eigenvalue weighted by Gasteiger charge is 2.44. The molecule has 2 aliphatic rings. The van der Waals surface area contributed by atoms with Crippen LogP contribution in [0.5, 0.6) is 0 Å². The summed E-state index contributed by atoms with van der Waals surface area (Å²) in [6, 6.07) is 4.68. The number of carbonyl (C=O) groups is 1. The van der Waals surface area contributed by atoms with Gasteiger partial charge in [0.1, 0.15) is 11.4 Å². The fourth-order valence-electron chi connectivity index (χ4n) is 2.51. The lowest BCUT2D eigenvalue weighted by atomic mass is 9.89. The van der Waals surface area contributed by atoms with Crippen LogP contribution in [-0.4, -0.2) is 30.4 Å². The van der Waals surface area contributed by atoms with Gasteiger partial charge < -0.3 is 10.6 Å². The summed E-state index contributed by atoms with van der Waals surface area (Å²) in [7, 11) is 0. The molecule has 1 spiro atoms. The molecular weight excluding hydrogens is 340 g/mol. The van der Waals surface area contributed by atoms with Gasteiger partial charge in [-0.1, -0.05) is 17.7 Å². The zero-order valence-electron chi connectivity index (χ0n) is 11.0. The van der Waals surface area contributed by atoms with Crippen molar-refractivity contribution in [3.8, 4) is 0 Å². The Kier molecular flexibility index (Phi) is 5.99. The zero-order chi connectivity index (χ0) is 13.5. The Morgan fingerprint density at radius 3 is 2.57 bits per heavy atom. The molecule has 0 atom stereocenters. The maximum Gasteiger partial charge on any atom is 0.253 e. The van der Waals surface area contributed by atoms with E-state index in [1.54, 1.807) is 12.1 Å². The number of rotatable bonds is 1. The highest BCUT2D eigenvalue weighted by Crippen LogP contribution is 2.29. The van der Waals surface area contributed by atoms with Crippen LogP contribution in [0.25, 0.3) is 0 Å². The van der Waals surface area contributed by atoms with E-state index in [1.807, 2.05) is 0 Å². The Morgan fingerprint density at radius 1 is 1.24 bits per heavy atom. The van der Waals surface area contributed by atoms with Crippen LogP contribution in [0.1, 0.15) is 18.4 Å². The van der Waals surface area contributed by atoms with Gasteiger partial charge in [0.05, 0.1) is 10.6 Å². The number of benzene rings is 1. The van der Waals surface area contributed by atoms with Crippen molar-refractivity contribution >= 4 is 48.2 Å². The Balaban J connectivity index is 0.00000110. The van der Waals surface area contributed by atoms with E-state index in [1.165, 1.54) is 6.07 Å². The van der Waals surface area contributed by atoms with Gasteiger partial charge in [-0.05, 0) is 38.1 Å². The minimum atomic E-state index is -0.741. The summed E-state index contributed by atoms with van der Waals surface area (Å²) >= 11 is 5.75. The molecule has 1 saturated heterocycles. The number of hydrogen-bond donors (Lipinski definition) is 2. The molecule has 2 aliphatic heterocycles. The summed E-state index contributed by atoms with van der Waals surface area (Å²) in [4.78, 5) is 16.6. The van der Waals surface area contributed by atoms with Gasteiger partial charge in [-0.3, -0.25) is 9.79 Å². The standard InChI is InChI=1S/C13H13ClFN3O.2ClH/c14-9-3-1-2-8(10(9)15)11-17-12(19)13(18-11)4-6-16-7-5-13;;/h1-3,16H,4-7H2,(H,17,18,19);2*1H. The number of piperidine rings is 1. The largest absolute Gasteiger partial charge is 0.317 e. The fraction of sp³-hybridized carbons (Fsp3) is 0.385. The maximum atomic E-state index is 14.0. The Hall–Kier alpha value is -0.880. The molecule has 1 amide bonds. The third-order valence-corrected chi connectivity index (χ3v) is 3.91. The van der Waals surface area contributed by atoms with Gasteiger partial charge >= 0.3 is 0 Å². The van der Waals surface area contributed by atoms with Crippen molar-refractivity contribution in [2.24, 2.45) is 4.99 Å². The van der Waals surface area contributed by atoms with E-state index in [9.17, 15) is 9.18 Å². The molecule has 1 fully saturated rings. The predicted molar refractivity (Wildman–Crippen MR) is 85.4 cm³/mol. The van der Waals surface area contributed by atoms with Crippen LogP contribution < -0.4 is 10.6 Å². The molecule has 116 valence electrons. The van der Waals surface area contributed by atoms with Crippen molar-refractivity contribution in [2.75, 3.05) is 13.1 Å². The van der Waals surface area contributed by atoms with Gasteiger partial charge in [0.2, 0.25) is 0 Å². The molecule has 8 heteroatoms. The van der Waals surface area contributed by atoms with E-state index in [-0.39, 0.29) is 47.1 Å². The van der Waals surface area contributed by atoms with Crippen molar-refractivity contribution < 1.29 is 9.18 Å². The number of halogens is 4. The average Bonchev–Trinajstić information content (AvgIpc) is 2.71. The lowest BCUT2D eigenvalue weighted by molar-refractivity contribution is -0.124. The van der Waals surface area contributed by atoms with Crippen LogP contribution in [0.3, 0.4) is 0 Å². The first-order chi connectivity index (χ1) is 9.12. The summed E-state index contributed by atoms with van der Waals surface area (Å²) in [5, 5.41) is 5.90. The monoisotopic (exact) mass is 353 g/mol. The van der Waals surface area contributed by atoms with E-state index >= 15 is 0 Å². The van der Waals surface area contributed by atoms with Crippen molar-refractivity contribution in [2.45, 2.75) is 18.4 Å². The lowest BCUT2D eigenvalue weighted by Crippen LogP contribution is -2.47. The van der Waals surface area contributed by atoms with Gasteiger partial charge in [0.15, 0.2) is 5.82 Å². The number of amidine groups is 1. The van der Waals surface area contributed by atoms with E-state index in [0.717, 1.165) is 13.1 Å². The molecule has 0 aromatic heterocycles. The van der Waals surface area contributed by atoms with Gasteiger partial charge in [-0.25, -0.2) is 4.39 Å². The van der Waals surface area contributed by atoms with E-state index in [4.69, 9.17) is 11.6 Å². The SMILES string of the molecule is Cl.Cl.O=C1NC(c2cccc(Cl)c2F)=NC12CCNCC2. The quantitative estimate of drug-likeness (QED) is 0.813. The molecule has 0 unspecified atom stereocenters. The summed E-state index contributed by atoms with van der Waals surface area (Å²) in [6.45, 7) is 1.48. The second-order valence-electron chi connectivity index (χ2n) is 4.80. The summed E-state index contributed by atoms with van der Waals surface area (Å²) in [5.74, 6) is -0.413. The van der Waals surface area contributed by atoms with Gasteiger partial charge in [0.25, 0.3) is 5.91 Å². The van der Waals surface area contributed by atoms with Crippen LogP contribution in [0.2, 0.25) is 5.02 Å². The molecule has 2 heterocycles. The van der Waals surface area contributed by atoms with Crippen molar-refractivity contribution in [3.63, 3.8) is 0 Å². The lowest BCUT2D eigenvalue weighted by Gasteiger charge is -2.28. The summed E-state index contributed by atoms with van der Waals surface area (Å²) in [6.07, 6.45) is 1.26. The van der Waals surface area contributed by atoms with E-state index < -0.39 is 11.4 Å². The second-order valence-corrected chi connectivity index (χ2v) is 5.20. The molecule has 2 N–H and O–H groups in total. The first-order valence-electron chi connectivity index (χ1n) is 6.19. The van der Waals surface area contributed by atoms with Crippen LogP contribution in [0, 0.1) is 5.82 Å². The number of hydrogen-bond acceptors (Lipinski definition) is 3. The normalized spacial score (nSPS) is 19.3. The minimum absolute atomic E-state index is 0. The average molecular weight is 355 g/mol. The molecule has 0 radical (unpaired) electrons. The number of aliphatic imine (C=N–C) groups is 1. The highest BCUT2D eigenvalue weighted by molar-refractivity contribution is 6.31. The second kappa shape index (κ2) is 6.92. The first-order valence-corrected chi connectivity index (χ1v) is 6.57. The molecular formula is C13H15Cl3FN3O. The van der Waals surface area contributed by atoms with Crippen LogP contribution in [0.4, 0.5) is 4.39 Å². The number of carbonyl (C=O) groups excluding carboxylic acids is 1. The van der Waals surface area contributed by atoms with Gasteiger partial charge in [-0.15, -0.1) is 24.8 Å². The highest BCUT2D eigenvalue weighted by atomic mass is 35.5. The molecule has 1 aromatic rings. The predicted octanol–water partition coefficient (Wildman–Crippen LogP) is 2.32. The smallest absolute Gasteiger partial charge is 0.253 e. The first kappa shape index (κ1) is 18.2. The van der Waals surface area contributed by atoms with Crippen LogP contribution >= 0.6 is 36.4 Å². The fourth-order valence-corrected chi connectivity index (χ4v) is 2.68. The maximum absolute atomic E-state index is 14.0. The number of amides is 1. The third-order valence-electron chi connectivity index (χ3n) is 3.62. The van der Waals surface area contributed by atoms with Crippen molar-refractivity contribution in [1.82, 2.24) is 10.6 Å². The summed E-state index contributed by atoms with van der Waals surface area (Å²) in [5.41, 5.74) is -0.494. The van der Waals surface area contributed by atoms with E-state index in [0.29, 0.717) is 12.8 Å². The van der Waals surface area contributed by atoms with E-state index in [2.05, 4.69) is 15.6 Å². The van der Waals surface area contributed by atoms with Crippen LogP contribution in [-0.2, 0) is 4.79 Å². The Bertz CT molecular complexity index is 574. The van der Waals surface area contributed by atoms with Gasteiger partial charge in [-0.2, -0.15) is 0 Å². The summed E-state index contributed by atoms with van der Waals surface area (Å²) < 4.78 is 14.0. The Labute approximate surface area is 139 Å². The molecule has 21 heavy (non-hydrogen) atoms. The molecule has 0 saturated carbocycles. The molecule has 0 bridgehead atoms. The van der Waals surface area contributed by atoms with Crippen molar-refractivity contribution in [3.05, 3.63) is 34.6 Å². The van der Waals surface area contributed by atoms with Gasteiger partial charge in [0, 0.05) is 0 Å². The number of nitrogens with zero attached hydrogens (tertiary/aromatic N) is 1. The number of nitrogens with one attached hydrogen (secondary N) is 2. The molecule has 3 rings (SSSR count). The Morgan fingerprint density at radius 2 is 1.90 bits per heavy atom. The molecule has 4 nitrogen and oxygen atoms in total. The molecule has 1 aromatic carbocycles.